The van der Waals surface area contributed by atoms with E-state index in [1.807, 2.05) is 67.6 Å². The smallest absolute Gasteiger partial charge is 0.258 e. The van der Waals surface area contributed by atoms with Crippen molar-refractivity contribution in [3.05, 3.63) is 87.9 Å². The SMILES string of the molecule is Cc1c(-c2ccc(Cl)cc2)nc2ccccc2c1C(=O)Nc1nc2ccc(Cl)cc2s1. The number of hydrogen-bond acceptors (Lipinski definition) is 4. The van der Waals surface area contributed by atoms with Gasteiger partial charge in [0.15, 0.2) is 5.13 Å². The number of hydrogen-bond donors (Lipinski definition) is 1. The van der Waals surface area contributed by atoms with Gasteiger partial charge >= 0.3 is 0 Å². The lowest BCUT2D eigenvalue weighted by atomic mass is 9.97. The summed E-state index contributed by atoms with van der Waals surface area (Å²) in [4.78, 5) is 22.7. The van der Waals surface area contributed by atoms with E-state index in [4.69, 9.17) is 28.2 Å². The molecular weight excluding hydrogens is 449 g/mol. The Balaban J connectivity index is 1.62. The van der Waals surface area contributed by atoms with Crippen molar-refractivity contribution >= 4 is 66.7 Å². The first-order valence-electron chi connectivity index (χ1n) is 9.52. The molecule has 4 nitrogen and oxygen atoms in total. The zero-order chi connectivity index (χ0) is 21.5. The summed E-state index contributed by atoms with van der Waals surface area (Å²) in [6, 6.07) is 20.6. The second-order valence-corrected chi connectivity index (χ2v) is 8.97. The van der Waals surface area contributed by atoms with Crippen LogP contribution >= 0.6 is 34.5 Å². The Kier molecular flexibility index (Phi) is 5.10. The number of rotatable bonds is 3. The molecule has 0 unspecified atom stereocenters. The molecule has 0 saturated carbocycles. The second kappa shape index (κ2) is 7.93. The largest absolute Gasteiger partial charge is 0.298 e. The molecule has 0 radical (unpaired) electrons. The van der Waals surface area contributed by atoms with Crippen molar-refractivity contribution in [3.63, 3.8) is 0 Å². The highest BCUT2D eigenvalue weighted by molar-refractivity contribution is 7.22. The van der Waals surface area contributed by atoms with Crippen LogP contribution in [-0.4, -0.2) is 15.9 Å². The standard InChI is InChI=1S/C24H15Cl2N3OS/c1-13-21(23(30)29-24-28-19-11-10-16(26)12-20(19)31-24)17-4-2-3-5-18(17)27-22(13)14-6-8-15(25)9-7-14/h2-12H,1H3,(H,28,29,30). The Labute approximate surface area is 192 Å². The lowest BCUT2D eigenvalue weighted by molar-refractivity contribution is 0.102. The van der Waals surface area contributed by atoms with Gasteiger partial charge in [0.25, 0.3) is 5.91 Å². The Morgan fingerprint density at radius 3 is 2.45 bits per heavy atom. The van der Waals surface area contributed by atoms with Crippen molar-refractivity contribution in [2.75, 3.05) is 5.32 Å². The number of fused-ring (bicyclic) bond motifs is 2. The van der Waals surface area contributed by atoms with Crippen molar-refractivity contribution < 1.29 is 4.79 Å². The highest BCUT2D eigenvalue weighted by atomic mass is 35.5. The second-order valence-electron chi connectivity index (χ2n) is 7.07. The molecule has 7 heteroatoms. The average molecular weight is 464 g/mol. The molecule has 152 valence electrons. The third-order valence-electron chi connectivity index (χ3n) is 5.05. The number of para-hydroxylation sites is 1. The fraction of sp³-hybridized carbons (Fsp3) is 0.0417. The van der Waals surface area contributed by atoms with E-state index >= 15 is 0 Å². The number of carbonyl (C=O) groups is 1. The monoisotopic (exact) mass is 463 g/mol. The third-order valence-corrected chi connectivity index (χ3v) is 6.47. The Bertz CT molecular complexity index is 1460. The number of nitrogens with one attached hydrogen (secondary N) is 1. The summed E-state index contributed by atoms with van der Waals surface area (Å²) in [6.07, 6.45) is 0. The zero-order valence-electron chi connectivity index (χ0n) is 16.3. The Morgan fingerprint density at radius 2 is 1.65 bits per heavy atom. The van der Waals surface area contributed by atoms with Gasteiger partial charge in [-0.05, 0) is 48.9 Å². The van der Waals surface area contributed by atoms with Gasteiger partial charge in [0.2, 0.25) is 0 Å². The Morgan fingerprint density at radius 1 is 0.903 bits per heavy atom. The maximum Gasteiger partial charge on any atom is 0.258 e. The summed E-state index contributed by atoms with van der Waals surface area (Å²) in [6.45, 7) is 1.91. The first kappa shape index (κ1) is 19.9. The van der Waals surface area contributed by atoms with E-state index in [1.54, 1.807) is 6.07 Å². The molecule has 0 fully saturated rings. The van der Waals surface area contributed by atoms with Gasteiger partial charge in [0, 0.05) is 21.0 Å². The number of aromatic nitrogens is 2. The van der Waals surface area contributed by atoms with Crippen LogP contribution in [0.1, 0.15) is 15.9 Å². The summed E-state index contributed by atoms with van der Waals surface area (Å²) in [5.74, 6) is -0.225. The van der Waals surface area contributed by atoms with Crippen LogP contribution in [0.4, 0.5) is 5.13 Å². The van der Waals surface area contributed by atoms with Crippen molar-refractivity contribution in [2.24, 2.45) is 0 Å². The number of anilines is 1. The van der Waals surface area contributed by atoms with Gasteiger partial charge < -0.3 is 0 Å². The average Bonchev–Trinajstić information content (AvgIpc) is 3.15. The van der Waals surface area contributed by atoms with Crippen molar-refractivity contribution in [2.45, 2.75) is 6.92 Å². The molecule has 5 aromatic rings. The van der Waals surface area contributed by atoms with Gasteiger partial charge in [-0.2, -0.15) is 0 Å². The molecule has 0 spiro atoms. The molecule has 1 amide bonds. The van der Waals surface area contributed by atoms with Gasteiger partial charge in [-0.15, -0.1) is 0 Å². The summed E-state index contributed by atoms with van der Waals surface area (Å²) in [7, 11) is 0. The zero-order valence-corrected chi connectivity index (χ0v) is 18.6. The van der Waals surface area contributed by atoms with Gasteiger partial charge in [-0.1, -0.05) is 64.9 Å². The third kappa shape index (κ3) is 3.76. The number of amides is 1. The summed E-state index contributed by atoms with van der Waals surface area (Å²) < 4.78 is 0.918. The molecule has 2 heterocycles. The quantitative estimate of drug-likeness (QED) is 0.303. The molecule has 0 aliphatic heterocycles. The molecule has 5 rings (SSSR count). The van der Waals surface area contributed by atoms with Crippen LogP contribution in [0.3, 0.4) is 0 Å². The first-order valence-corrected chi connectivity index (χ1v) is 11.1. The van der Waals surface area contributed by atoms with E-state index in [0.29, 0.717) is 20.7 Å². The Hall–Kier alpha value is -2.99. The lowest BCUT2D eigenvalue weighted by Gasteiger charge is -2.14. The summed E-state index contributed by atoms with van der Waals surface area (Å²) in [5.41, 5.74) is 4.56. The van der Waals surface area contributed by atoms with Crippen molar-refractivity contribution in [1.82, 2.24) is 9.97 Å². The van der Waals surface area contributed by atoms with Crippen LogP contribution in [0.25, 0.3) is 32.4 Å². The number of thiazole rings is 1. The normalized spacial score (nSPS) is 11.2. The first-order chi connectivity index (χ1) is 15.0. The fourth-order valence-electron chi connectivity index (χ4n) is 3.60. The summed E-state index contributed by atoms with van der Waals surface area (Å²) in [5, 5.41) is 5.57. The van der Waals surface area contributed by atoms with E-state index in [1.165, 1.54) is 11.3 Å². The lowest BCUT2D eigenvalue weighted by Crippen LogP contribution is -2.15. The number of benzene rings is 3. The van der Waals surface area contributed by atoms with Gasteiger partial charge in [-0.25, -0.2) is 9.97 Å². The molecule has 0 aliphatic rings. The number of halogens is 2. The molecule has 3 aromatic carbocycles. The molecule has 2 aromatic heterocycles. The van der Waals surface area contributed by atoms with E-state index in [9.17, 15) is 4.79 Å². The van der Waals surface area contributed by atoms with E-state index in [2.05, 4.69) is 10.3 Å². The molecule has 0 bridgehead atoms. The van der Waals surface area contributed by atoms with Crippen LogP contribution in [0.2, 0.25) is 10.0 Å². The predicted molar refractivity (Wildman–Crippen MR) is 130 cm³/mol. The highest BCUT2D eigenvalue weighted by Crippen LogP contribution is 2.32. The van der Waals surface area contributed by atoms with E-state index < -0.39 is 0 Å². The minimum absolute atomic E-state index is 0.225. The van der Waals surface area contributed by atoms with Gasteiger partial charge in [-0.3, -0.25) is 10.1 Å². The maximum absolute atomic E-state index is 13.4. The van der Waals surface area contributed by atoms with Gasteiger partial charge in [0.05, 0.1) is 27.0 Å². The molecule has 0 aliphatic carbocycles. The molecule has 0 saturated heterocycles. The highest BCUT2D eigenvalue weighted by Gasteiger charge is 2.20. The van der Waals surface area contributed by atoms with Gasteiger partial charge in [0.1, 0.15) is 0 Å². The predicted octanol–water partition coefficient (Wildman–Crippen LogP) is 7.38. The minimum Gasteiger partial charge on any atom is -0.298 e. The van der Waals surface area contributed by atoms with Crippen LogP contribution < -0.4 is 5.32 Å². The fourth-order valence-corrected chi connectivity index (χ4v) is 4.86. The van der Waals surface area contributed by atoms with E-state index in [0.717, 1.165) is 37.9 Å². The molecule has 0 atom stereocenters. The minimum atomic E-state index is -0.225. The van der Waals surface area contributed by atoms with E-state index in [-0.39, 0.29) is 5.91 Å². The topological polar surface area (TPSA) is 54.9 Å². The molecule has 31 heavy (non-hydrogen) atoms. The summed E-state index contributed by atoms with van der Waals surface area (Å²) >= 11 is 13.5. The van der Waals surface area contributed by atoms with Crippen LogP contribution in [0.5, 0.6) is 0 Å². The maximum atomic E-state index is 13.4. The molecule has 1 N–H and O–H groups in total. The number of nitrogens with zero attached hydrogens (tertiary/aromatic N) is 2. The van der Waals surface area contributed by atoms with Crippen LogP contribution in [0, 0.1) is 6.92 Å². The van der Waals surface area contributed by atoms with Crippen molar-refractivity contribution in [1.29, 1.82) is 0 Å². The van der Waals surface area contributed by atoms with Crippen molar-refractivity contribution in [3.8, 4) is 11.3 Å². The van der Waals surface area contributed by atoms with Crippen LogP contribution in [-0.2, 0) is 0 Å². The van der Waals surface area contributed by atoms with Crippen LogP contribution in [0.15, 0.2) is 66.7 Å². The molecular formula is C24H15Cl2N3OS. The number of carbonyl (C=O) groups excluding carboxylic acids is 1. The number of pyridine rings is 1.